The summed E-state index contributed by atoms with van der Waals surface area (Å²) in [5.41, 5.74) is 1.51. The monoisotopic (exact) mass is 326 g/mol. The Balaban J connectivity index is 1.66. The van der Waals surface area contributed by atoms with Gasteiger partial charge in [0.25, 0.3) is 0 Å². The molecule has 1 amide bonds. The molecule has 0 spiro atoms. The molecule has 23 heavy (non-hydrogen) atoms. The van der Waals surface area contributed by atoms with E-state index in [1.165, 1.54) is 18.2 Å². The van der Waals surface area contributed by atoms with Crippen molar-refractivity contribution < 1.29 is 9.18 Å². The predicted octanol–water partition coefficient (Wildman–Crippen LogP) is 3.39. The first-order chi connectivity index (χ1) is 11.2. The zero-order chi connectivity index (χ0) is 16.1. The van der Waals surface area contributed by atoms with Crippen molar-refractivity contribution >= 4 is 28.6 Å². The molecule has 2 heterocycles. The molecule has 0 unspecified atom stereocenters. The van der Waals surface area contributed by atoms with Crippen LogP contribution >= 0.6 is 11.5 Å². The van der Waals surface area contributed by atoms with Gasteiger partial charge < -0.3 is 0 Å². The van der Waals surface area contributed by atoms with E-state index < -0.39 is 0 Å². The maximum atomic E-state index is 12.9. The molecule has 3 aromatic rings. The van der Waals surface area contributed by atoms with Gasteiger partial charge in [-0.2, -0.15) is 9.36 Å². The van der Waals surface area contributed by atoms with Crippen molar-refractivity contribution in [1.29, 1.82) is 0 Å². The summed E-state index contributed by atoms with van der Waals surface area (Å²) in [4.78, 5) is 20.0. The van der Waals surface area contributed by atoms with E-state index in [1.807, 2.05) is 6.07 Å². The van der Waals surface area contributed by atoms with Crippen LogP contribution in [-0.2, 0) is 4.79 Å². The van der Waals surface area contributed by atoms with E-state index in [-0.39, 0.29) is 11.7 Å². The summed E-state index contributed by atoms with van der Waals surface area (Å²) in [6, 6.07) is 9.48. The quantitative estimate of drug-likeness (QED) is 0.746. The van der Waals surface area contributed by atoms with Crippen LogP contribution in [0.25, 0.3) is 17.5 Å². The molecule has 1 aromatic carbocycles. The van der Waals surface area contributed by atoms with Gasteiger partial charge in [-0.1, -0.05) is 6.07 Å². The number of hydrogen-bond acceptors (Lipinski definition) is 5. The average Bonchev–Trinajstić information content (AvgIpc) is 3.03. The number of halogens is 1. The number of carbonyl (C=O) groups excluding carboxylic acids is 1. The van der Waals surface area contributed by atoms with Gasteiger partial charge in [-0.3, -0.25) is 15.1 Å². The second-order valence-electron chi connectivity index (χ2n) is 4.54. The van der Waals surface area contributed by atoms with Crippen molar-refractivity contribution in [3.05, 3.63) is 66.2 Å². The van der Waals surface area contributed by atoms with Crippen LogP contribution in [0.15, 0.2) is 54.9 Å². The molecule has 2 aromatic heterocycles. The summed E-state index contributed by atoms with van der Waals surface area (Å²) >= 11 is 1.07. The van der Waals surface area contributed by atoms with Crippen LogP contribution < -0.4 is 5.32 Å². The van der Waals surface area contributed by atoms with Gasteiger partial charge in [0.1, 0.15) is 5.82 Å². The number of hydrogen-bond donors (Lipinski definition) is 1. The molecule has 0 saturated carbocycles. The Labute approximate surface area is 135 Å². The van der Waals surface area contributed by atoms with E-state index in [0.717, 1.165) is 17.1 Å². The zero-order valence-electron chi connectivity index (χ0n) is 11.8. The van der Waals surface area contributed by atoms with Crippen molar-refractivity contribution in [3.63, 3.8) is 0 Å². The molecule has 0 bridgehead atoms. The van der Waals surface area contributed by atoms with Gasteiger partial charge in [-0.05, 0) is 42.0 Å². The van der Waals surface area contributed by atoms with Gasteiger partial charge in [0, 0.05) is 35.6 Å². The Morgan fingerprint density at radius 1 is 1.22 bits per heavy atom. The van der Waals surface area contributed by atoms with E-state index in [9.17, 15) is 9.18 Å². The number of anilines is 1. The lowest BCUT2D eigenvalue weighted by Crippen LogP contribution is -2.07. The Kier molecular flexibility index (Phi) is 4.49. The normalized spacial score (nSPS) is 10.8. The maximum absolute atomic E-state index is 12.9. The van der Waals surface area contributed by atoms with E-state index in [2.05, 4.69) is 19.7 Å². The van der Waals surface area contributed by atoms with Gasteiger partial charge in [0.2, 0.25) is 11.0 Å². The van der Waals surface area contributed by atoms with Crippen LogP contribution in [0.3, 0.4) is 0 Å². The summed E-state index contributed by atoms with van der Waals surface area (Å²) in [5, 5.41) is 3.02. The fourth-order valence-electron chi connectivity index (χ4n) is 1.78. The second kappa shape index (κ2) is 6.89. The van der Waals surface area contributed by atoms with Crippen molar-refractivity contribution in [2.24, 2.45) is 0 Å². The van der Waals surface area contributed by atoms with Crippen molar-refractivity contribution in [1.82, 2.24) is 14.3 Å². The van der Waals surface area contributed by atoms with Gasteiger partial charge in [-0.25, -0.2) is 4.39 Å². The van der Waals surface area contributed by atoms with Gasteiger partial charge in [0.15, 0.2) is 5.82 Å². The van der Waals surface area contributed by atoms with Gasteiger partial charge >= 0.3 is 0 Å². The molecule has 5 nitrogen and oxygen atoms in total. The molecular formula is C16H11FN4OS. The number of nitrogens with zero attached hydrogens (tertiary/aromatic N) is 3. The number of rotatable bonds is 4. The molecule has 0 aliphatic heterocycles. The maximum Gasteiger partial charge on any atom is 0.250 e. The highest BCUT2D eigenvalue weighted by Crippen LogP contribution is 2.21. The lowest BCUT2D eigenvalue weighted by atomic mass is 10.2. The first kappa shape index (κ1) is 15.0. The highest BCUT2D eigenvalue weighted by molar-refractivity contribution is 7.10. The standard InChI is InChI=1S/C16H11FN4OS/c17-13-6-4-12(5-7-13)15-20-16(23-21-15)19-14(22)8-3-11-2-1-9-18-10-11/h1-10H,(H,19,20,21,22). The molecule has 1 N–H and O–H groups in total. The predicted molar refractivity (Wildman–Crippen MR) is 87.2 cm³/mol. The SMILES string of the molecule is O=C(C=Cc1cccnc1)Nc1nc(-c2ccc(F)cc2)ns1. The van der Waals surface area contributed by atoms with Crippen molar-refractivity contribution in [2.45, 2.75) is 0 Å². The third kappa shape index (κ3) is 4.04. The molecule has 114 valence electrons. The van der Waals surface area contributed by atoms with Gasteiger partial charge in [-0.15, -0.1) is 0 Å². The smallest absolute Gasteiger partial charge is 0.250 e. The second-order valence-corrected chi connectivity index (χ2v) is 5.29. The average molecular weight is 326 g/mol. The summed E-state index contributed by atoms with van der Waals surface area (Å²) in [6.07, 6.45) is 6.37. The summed E-state index contributed by atoms with van der Waals surface area (Å²) in [5.74, 6) is -0.185. The summed E-state index contributed by atoms with van der Waals surface area (Å²) in [7, 11) is 0. The molecule has 0 aliphatic rings. The van der Waals surface area contributed by atoms with Crippen LogP contribution in [0.1, 0.15) is 5.56 Å². The fourth-order valence-corrected chi connectivity index (χ4v) is 2.38. The molecule has 0 radical (unpaired) electrons. The number of pyridine rings is 1. The third-order valence-corrected chi connectivity index (χ3v) is 3.50. The Morgan fingerprint density at radius 3 is 2.78 bits per heavy atom. The highest BCUT2D eigenvalue weighted by Gasteiger charge is 2.08. The third-order valence-electron chi connectivity index (χ3n) is 2.87. The van der Waals surface area contributed by atoms with Crippen molar-refractivity contribution in [3.8, 4) is 11.4 Å². The van der Waals surface area contributed by atoms with Crippen LogP contribution in [0.2, 0.25) is 0 Å². The first-order valence-electron chi connectivity index (χ1n) is 6.69. The Hall–Kier alpha value is -2.93. The van der Waals surface area contributed by atoms with Crippen LogP contribution in [0.5, 0.6) is 0 Å². The van der Waals surface area contributed by atoms with Gasteiger partial charge in [0.05, 0.1) is 0 Å². The number of carbonyl (C=O) groups is 1. The van der Waals surface area contributed by atoms with E-state index in [1.54, 1.807) is 36.7 Å². The molecule has 3 rings (SSSR count). The van der Waals surface area contributed by atoms with Crippen LogP contribution in [0.4, 0.5) is 9.52 Å². The minimum absolute atomic E-state index is 0.310. The largest absolute Gasteiger partial charge is 0.297 e. The Bertz CT molecular complexity index is 831. The molecule has 0 saturated heterocycles. The molecule has 0 fully saturated rings. The molecule has 0 aliphatic carbocycles. The Morgan fingerprint density at radius 2 is 2.04 bits per heavy atom. The summed E-state index contributed by atoms with van der Waals surface area (Å²) < 4.78 is 17.0. The zero-order valence-corrected chi connectivity index (χ0v) is 12.6. The lowest BCUT2D eigenvalue weighted by molar-refractivity contribution is -0.111. The number of amides is 1. The van der Waals surface area contributed by atoms with E-state index >= 15 is 0 Å². The number of nitrogens with one attached hydrogen (secondary N) is 1. The highest BCUT2D eigenvalue weighted by atomic mass is 32.1. The lowest BCUT2D eigenvalue weighted by Gasteiger charge is -1.96. The first-order valence-corrected chi connectivity index (χ1v) is 7.47. The molecule has 0 atom stereocenters. The minimum Gasteiger partial charge on any atom is -0.297 e. The minimum atomic E-state index is -0.321. The topological polar surface area (TPSA) is 67.8 Å². The van der Waals surface area contributed by atoms with Crippen LogP contribution in [0, 0.1) is 5.82 Å². The molecule has 7 heteroatoms. The van der Waals surface area contributed by atoms with Crippen molar-refractivity contribution in [2.75, 3.05) is 5.32 Å². The number of aromatic nitrogens is 3. The van der Waals surface area contributed by atoms with E-state index in [0.29, 0.717) is 16.5 Å². The summed E-state index contributed by atoms with van der Waals surface area (Å²) in [6.45, 7) is 0. The number of benzene rings is 1. The fraction of sp³-hybridized carbons (Fsp3) is 0. The van der Waals surface area contributed by atoms with E-state index in [4.69, 9.17) is 0 Å². The molecular weight excluding hydrogens is 315 g/mol. The van der Waals surface area contributed by atoms with Crippen LogP contribution in [-0.4, -0.2) is 20.2 Å².